The fourth-order valence-corrected chi connectivity index (χ4v) is 2.11. The van der Waals surface area contributed by atoms with Crippen LogP contribution in [0.15, 0.2) is 0 Å². The molecular weight excluding hydrogens is 328 g/mol. The van der Waals surface area contributed by atoms with Crippen molar-refractivity contribution in [2.75, 3.05) is 6.54 Å². The number of carbonyl (C=O) groups excluding carboxylic acids is 3. The van der Waals surface area contributed by atoms with Crippen LogP contribution in [0.5, 0.6) is 0 Å². The molecule has 0 fully saturated rings. The Balaban J connectivity index is 5.04. The second-order valence-corrected chi connectivity index (χ2v) is 6.43. The Kier molecular flexibility index (Phi) is 9.73. The van der Waals surface area contributed by atoms with Crippen LogP contribution in [-0.2, 0) is 19.2 Å². The van der Waals surface area contributed by atoms with E-state index in [1.165, 1.54) is 6.92 Å². The van der Waals surface area contributed by atoms with Gasteiger partial charge in [0.05, 0.1) is 6.54 Å². The lowest BCUT2D eigenvalue weighted by molar-refractivity contribution is -0.144. The minimum absolute atomic E-state index is 0.249. The number of nitrogens with two attached hydrogens (primary N) is 1. The smallest absolute Gasteiger partial charge is 0.326 e. The van der Waals surface area contributed by atoms with Crippen molar-refractivity contribution in [1.29, 1.82) is 0 Å². The first-order valence-corrected chi connectivity index (χ1v) is 8.38. The molecule has 0 aromatic heterocycles. The van der Waals surface area contributed by atoms with Crippen molar-refractivity contribution in [3.8, 4) is 0 Å². The summed E-state index contributed by atoms with van der Waals surface area (Å²) in [5.74, 6) is -3.27. The van der Waals surface area contributed by atoms with Crippen LogP contribution in [0.3, 0.4) is 0 Å². The number of hydrogen-bond donors (Lipinski definition) is 5. The summed E-state index contributed by atoms with van der Waals surface area (Å²) >= 11 is 0. The SMILES string of the molecule is CCC(C)C(NC(=O)C(NC(=O)C(C)NC(=O)CN)C(C)C)C(=O)O. The van der Waals surface area contributed by atoms with Crippen LogP contribution in [0.2, 0.25) is 0 Å². The summed E-state index contributed by atoms with van der Waals surface area (Å²) in [5.41, 5.74) is 5.18. The fraction of sp³-hybridized carbons (Fsp3) is 0.750. The van der Waals surface area contributed by atoms with Gasteiger partial charge in [-0.05, 0) is 18.8 Å². The molecule has 4 unspecified atom stereocenters. The van der Waals surface area contributed by atoms with E-state index < -0.39 is 41.8 Å². The minimum atomic E-state index is -1.12. The van der Waals surface area contributed by atoms with Gasteiger partial charge in [-0.15, -0.1) is 0 Å². The molecule has 6 N–H and O–H groups in total. The highest BCUT2D eigenvalue weighted by Gasteiger charge is 2.31. The van der Waals surface area contributed by atoms with E-state index in [9.17, 15) is 24.3 Å². The summed E-state index contributed by atoms with van der Waals surface area (Å²) < 4.78 is 0. The Morgan fingerprint density at radius 2 is 1.44 bits per heavy atom. The number of hydrogen-bond acceptors (Lipinski definition) is 5. The van der Waals surface area contributed by atoms with Crippen LogP contribution >= 0.6 is 0 Å². The molecule has 25 heavy (non-hydrogen) atoms. The fourth-order valence-electron chi connectivity index (χ4n) is 2.11. The quantitative estimate of drug-likeness (QED) is 0.345. The van der Waals surface area contributed by atoms with Gasteiger partial charge in [0, 0.05) is 0 Å². The van der Waals surface area contributed by atoms with Gasteiger partial charge in [0.2, 0.25) is 17.7 Å². The second kappa shape index (κ2) is 10.7. The Morgan fingerprint density at radius 3 is 1.84 bits per heavy atom. The first kappa shape index (κ1) is 22.8. The van der Waals surface area contributed by atoms with Crippen molar-refractivity contribution in [1.82, 2.24) is 16.0 Å². The summed E-state index contributed by atoms with van der Waals surface area (Å²) in [5, 5.41) is 16.7. The summed E-state index contributed by atoms with van der Waals surface area (Å²) in [7, 11) is 0. The normalized spacial score (nSPS) is 15.6. The molecule has 0 aromatic carbocycles. The van der Waals surface area contributed by atoms with E-state index >= 15 is 0 Å². The number of carboxylic acid groups (broad SMARTS) is 1. The van der Waals surface area contributed by atoms with E-state index in [2.05, 4.69) is 16.0 Å². The molecule has 0 rings (SSSR count). The van der Waals surface area contributed by atoms with Gasteiger partial charge >= 0.3 is 5.97 Å². The molecule has 0 heterocycles. The first-order valence-electron chi connectivity index (χ1n) is 8.38. The molecule has 144 valence electrons. The molecule has 0 bridgehead atoms. The molecule has 0 aromatic rings. The number of amides is 3. The molecule has 9 nitrogen and oxygen atoms in total. The van der Waals surface area contributed by atoms with Crippen molar-refractivity contribution in [2.24, 2.45) is 17.6 Å². The van der Waals surface area contributed by atoms with E-state index in [4.69, 9.17) is 5.73 Å². The van der Waals surface area contributed by atoms with Crippen LogP contribution in [0, 0.1) is 11.8 Å². The van der Waals surface area contributed by atoms with Gasteiger partial charge in [0.1, 0.15) is 18.1 Å². The maximum Gasteiger partial charge on any atom is 0.326 e. The summed E-state index contributed by atoms with van der Waals surface area (Å²) in [6.07, 6.45) is 0.581. The average molecular weight is 358 g/mol. The number of rotatable bonds is 10. The summed E-state index contributed by atoms with van der Waals surface area (Å²) in [6, 6.07) is -2.82. The molecular formula is C16H30N4O5. The largest absolute Gasteiger partial charge is 0.480 e. The van der Waals surface area contributed by atoms with Gasteiger partial charge < -0.3 is 26.8 Å². The zero-order valence-electron chi connectivity index (χ0n) is 15.5. The number of nitrogens with one attached hydrogen (secondary N) is 3. The van der Waals surface area contributed by atoms with Crippen LogP contribution in [0.1, 0.15) is 41.0 Å². The highest BCUT2D eigenvalue weighted by molar-refractivity contribution is 5.93. The first-order chi connectivity index (χ1) is 11.5. The zero-order chi connectivity index (χ0) is 19.7. The molecule has 0 aliphatic rings. The average Bonchev–Trinajstić information content (AvgIpc) is 2.55. The molecule has 0 saturated heterocycles. The van der Waals surface area contributed by atoms with Gasteiger partial charge in [0.15, 0.2) is 0 Å². The number of carboxylic acids is 1. The second-order valence-electron chi connectivity index (χ2n) is 6.43. The zero-order valence-corrected chi connectivity index (χ0v) is 15.5. The summed E-state index contributed by atoms with van der Waals surface area (Å²) in [6.45, 7) is 8.24. The van der Waals surface area contributed by atoms with Crippen LogP contribution in [0.25, 0.3) is 0 Å². The molecule has 0 saturated carbocycles. The van der Waals surface area contributed by atoms with Gasteiger partial charge in [-0.2, -0.15) is 0 Å². The van der Waals surface area contributed by atoms with Crippen molar-refractivity contribution >= 4 is 23.7 Å². The number of aliphatic carboxylic acids is 1. The predicted octanol–water partition coefficient (Wildman–Crippen LogP) is -0.794. The maximum atomic E-state index is 12.5. The summed E-state index contributed by atoms with van der Waals surface area (Å²) in [4.78, 5) is 47.2. The maximum absolute atomic E-state index is 12.5. The van der Waals surface area contributed by atoms with Crippen LogP contribution < -0.4 is 21.7 Å². The number of carbonyl (C=O) groups is 4. The van der Waals surface area contributed by atoms with Gasteiger partial charge in [-0.25, -0.2) is 4.79 Å². The highest BCUT2D eigenvalue weighted by Crippen LogP contribution is 2.10. The predicted molar refractivity (Wildman–Crippen MR) is 92.4 cm³/mol. The molecule has 3 amide bonds. The van der Waals surface area contributed by atoms with Gasteiger partial charge in [0.25, 0.3) is 0 Å². The van der Waals surface area contributed by atoms with E-state index in [1.54, 1.807) is 20.8 Å². The van der Waals surface area contributed by atoms with E-state index in [1.807, 2.05) is 6.92 Å². The Morgan fingerprint density at radius 1 is 0.920 bits per heavy atom. The van der Waals surface area contributed by atoms with Crippen molar-refractivity contribution < 1.29 is 24.3 Å². The third-order valence-corrected chi connectivity index (χ3v) is 3.98. The van der Waals surface area contributed by atoms with Crippen molar-refractivity contribution in [3.63, 3.8) is 0 Å². The van der Waals surface area contributed by atoms with Crippen LogP contribution in [0.4, 0.5) is 0 Å². The lowest BCUT2D eigenvalue weighted by atomic mass is 9.97. The highest BCUT2D eigenvalue weighted by atomic mass is 16.4. The monoisotopic (exact) mass is 358 g/mol. The van der Waals surface area contributed by atoms with Gasteiger partial charge in [-0.3, -0.25) is 14.4 Å². The lowest BCUT2D eigenvalue weighted by Gasteiger charge is -2.27. The topological polar surface area (TPSA) is 151 Å². The molecule has 4 atom stereocenters. The standard InChI is InChI=1S/C16H30N4O5/c1-6-9(4)13(16(24)25)20-15(23)12(8(2)3)19-14(22)10(5)18-11(21)7-17/h8-10,12-13H,6-7,17H2,1-5H3,(H,18,21)(H,19,22)(H,20,23)(H,24,25). The van der Waals surface area contributed by atoms with Gasteiger partial charge in [-0.1, -0.05) is 34.1 Å². The third kappa shape index (κ3) is 7.51. The van der Waals surface area contributed by atoms with Crippen molar-refractivity contribution in [3.05, 3.63) is 0 Å². The Hall–Kier alpha value is -2.16. The third-order valence-electron chi connectivity index (χ3n) is 3.98. The molecule has 0 aliphatic heterocycles. The van der Waals surface area contributed by atoms with Crippen molar-refractivity contribution in [2.45, 2.75) is 59.2 Å². The molecule has 9 heteroatoms. The van der Waals surface area contributed by atoms with E-state index in [0.717, 1.165) is 0 Å². The molecule has 0 spiro atoms. The Bertz CT molecular complexity index is 495. The molecule has 0 aliphatic carbocycles. The lowest BCUT2D eigenvalue weighted by Crippen LogP contribution is -2.58. The Labute approximate surface area is 148 Å². The van der Waals surface area contributed by atoms with Crippen LogP contribution in [-0.4, -0.2) is 53.5 Å². The van der Waals surface area contributed by atoms with E-state index in [0.29, 0.717) is 6.42 Å². The molecule has 0 radical (unpaired) electrons. The minimum Gasteiger partial charge on any atom is -0.480 e. The van der Waals surface area contributed by atoms with E-state index in [-0.39, 0.29) is 18.4 Å².